The van der Waals surface area contributed by atoms with Gasteiger partial charge < -0.3 is 19.0 Å². The van der Waals surface area contributed by atoms with E-state index in [9.17, 15) is 9.59 Å². The molecule has 0 atom stereocenters. The molecule has 0 saturated heterocycles. The molecule has 0 radical (unpaired) electrons. The number of carbonyl (C=O) groups excluding carboxylic acids is 2. The Morgan fingerprint density at radius 3 is 2.50 bits per heavy atom. The predicted octanol–water partition coefficient (Wildman–Crippen LogP) is 2.42. The van der Waals surface area contributed by atoms with Gasteiger partial charge in [0.25, 0.3) is 0 Å². The Hall–Kier alpha value is -2.08. The number of hydrogen-bond donors (Lipinski definition) is 0. The van der Waals surface area contributed by atoms with Crippen LogP contribution >= 0.6 is 0 Å². The third-order valence-corrected chi connectivity index (χ3v) is 3.72. The minimum Gasteiger partial charge on any atom is -0.466 e. The van der Waals surface area contributed by atoms with Gasteiger partial charge in [-0.15, -0.1) is 0 Å². The molecule has 0 fully saturated rings. The van der Waals surface area contributed by atoms with Crippen molar-refractivity contribution in [1.29, 1.82) is 0 Å². The standard InChI is InChI=1S/C18H28N2O4/c1-4-19(5-2)13-14-20(12-11-18(22)23-6-3)17(21)10-9-16-8-7-15-24-16/h7-10,15H,4-6,11-14H2,1-3H3/b10-9+. The lowest BCUT2D eigenvalue weighted by atomic mass is 10.3. The molecule has 0 unspecified atom stereocenters. The van der Waals surface area contributed by atoms with E-state index in [4.69, 9.17) is 9.15 Å². The molecule has 0 aromatic carbocycles. The van der Waals surface area contributed by atoms with Gasteiger partial charge >= 0.3 is 5.97 Å². The lowest BCUT2D eigenvalue weighted by Crippen LogP contribution is -2.39. The van der Waals surface area contributed by atoms with Crippen LogP contribution in [0.1, 0.15) is 33.0 Å². The van der Waals surface area contributed by atoms with Crippen LogP contribution in [0.4, 0.5) is 0 Å². The van der Waals surface area contributed by atoms with E-state index in [1.807, 2.05) is 0 Å². The van der Waals surface area contributed by atoms with Gasteiger partial charge in [0, 0.05) is 25.7 Å². The summed E-state index contributed by atoms with van der Waals surface area (Å²) >= 11 is 0. The van der Waals surface area contributed by atoms with Crippen molar-refractivity contribution in [3.05, 3.63) is 30.2 Å². The van der Waals surface area contributed by atoms with Crippen LogP contribution in [0.3, 0.4) is 0 Å². The summed E-state index contributed by atoms with van der Waals surface area (Å²) < 4.78 is 10.1. The number of esters is 1. The zero-order chi connectivity index (χ0) is 17.8. The van der Waals surface area contributed by atoms with E-state index in [1.165, 1.54) is 6.08 Å². The molecular weight excluding hydrogens is 308 g/mol. The maximum atomic E-state index is 12.4. The van der Waals surface area contributed by atoms with Gasteiger partial charge in [-0.2, -0.15) is 0 Å². The third kappa shape index (κ3) is 7.46. The summed E-state index contributed by atoms with van der Waals surface area (Å²) in [5, 5.41) is 0. The highest BCUT2D eigenvalue weighted by molar-refractivity contribution is 5.91. The van der Waals surface area contributed by atoms with Crippen molar-refractivity contribution >= 4 is 18.0 Å². The molecule has 0 bridgehead atoms. The number of carbonyl (C=O) groups is 2. The molecule has 0 aliphatic carbocycles. The largest absolute Gasteiger partial charge is 0.466 e. The van der Waals surface area contributed by atoms with E-state index in [0.29, 0.717) is 25.5 Å². The van der Waals surface area contributed by atoms with Crippen molar-refractivity contribution in [3.8, 4) is 0 Å². The van der Waals surface area contributed by atoms with E-state index >= 15 is 0 Å². The summed E-state index contributed by atoms with van der Waals surface area (Å²) in [7, 11) is 0. The van der Waals surface area contributed by atoms with Crippen LogP contribution in [0.5, 0.6) is 0 Å². The summed E-state index contributed by atoms with van der Waals surface area (Å²) in [4.78, 5) is 27.9. The molecule has 6 nitrogen and oxygen atoms in total. The van der Waals surface area contributed by atoms with Crippen molar-refractivity contribution in [1.82, 2.24) is 9.80 Å². The Morgan fingerprint density at radius 1 is 1.17 bits per heavy atom. The number of likely N-dealkylation sites (N-methyl/N-ethyl adjacent to an activating group) is 1. The molecule has 1 heterocycles. The molecule has 0 aliphatic rings. The molecule has 0 N–H and O–H groups in total. The highest BCUT2D eigenvalue weighted by Gasteiger charge is 2.14. The molecule has 0 saturated carbocycles. The van der Waals surface area contributed by atoms with Gasteiger partial charge in [0.2, 0.25) is 5.91 Å². The SMILES string of the molecule is CCOC(=O)CCN(CCN(CC)CC)C(=O)/C=C/c1ccco1. The molecular formula is C18H28N2O4. The van der Waals surface area contributed by atoms with Crippen LogP contribution in [0, 0.1) is 0 Å². The smallest absolute Gasteiger partial charge is 0.307 e. The predicted molar refractivity (Wildman–Crippen MR) is 93.4 cm³/mol. The topological polar surface area (TPSA) is 63.0 Å². The van der Waals surface area contributed by atoms with Crippen LogP contribution in [-0.4, -0.2) is 61.0 Å². The second kappa shape index (κ2) is 11.5. The Kier molecular flexibility index (Phi) is 9.53. The maximum Gasteiger partial charge on any atom is 0.307 e. The molecule has 1 aromatic heterocycles. The molecule has 1 amide bonds. The summed E-state index contributed by atoms with van der Waals surface area (Å²) in [6.45, 7) is 9.85. The van der Waals surface area contributed by atoms with Crippen LogP contribution in [0.2, 0.25) is 0 Å². The van der Waals surface area contributed by atoms with Crippen molar-refractivity contribution in [2.75, 3.05) is 39.3 Å². The van der Waals surface area contributed by atoms with Crippen LogP contribution in [0.25, 0.3) is 6.08 Å². The van der Waals surface area contributed by atoms with Gasteiger partial charge in [0.05, 0.1) is 19.3 Å². The van der Waals surface area contributed by atoms with Gasteiger partial charge in [-0.05, 0) is 38.2 Å². The molecule has 0 spiro atoms. The Labute approximate surface area is 144 Å². The van der Waals surface area contributed by atoms with Crippen molar-refractivity contribution in [3.63, 3.8) is 0 Å². The zero-order valence-electron chi connectivity index (χ0n) is 14.9. The van der Waals surface area contributed by atoms with E-state index < -0.39 is 0 Å². The van der Waals surface area contributed by atoms with E-state index in [1.54, 1.807) is 36.3 Å². The molecule has 6 heteroatoms. The minimum atomic E-state index is -0.284. The summed E-state index contributed by atoms with van der Waals surface area (Å²) in [6, 6.07) is 3.55. The molecule has 24 heavy (non-hydrogen) atoms. The first kappa shape index (κ1) is 20.0. The number of nitrogens with zero attached hydrogens (tertiary/aromatic N) is 2. The normalized spacial score (nSPS) is 11.2. The zero-order valence-corrected chi connectivity index (χ0v) is 14.9. The van der Waals surface area contributed by atoms with Gasteiger partial charge in [-0.1, -0.05) is 13.8 Å². The van der Waals surface area contributed by atoms with Crippen molar-refractivity contribution in [2.24, 2.45) is 0 Å². The molecule has 134 valence electrons. The first-order valence-electron chi connectivity index (χ1n) is 8.49. The lowest BCUT2D eigenvalue weighted by molar-refractivity contribution is -0.143. The molecule has 1 rings (SSSR count). The Bertz CT molecular complexity index is 507. The van der Waals surface area contributed by atoms with Gasteiger partial charge in [0.15, 0.2) is 0 Å². The summed E-state index contributed by atoms with van der Waals surface area (Å²) in [6.07, 6.45) is 4.87. The van der Waals surface area contributed by atoms with E-state index in [-0.39, 0.29) is 18.3 Å². The van der Waals surface area contributed by atoms with Crippen LogP contribution in [-0.2, 0) is 14.3 Å². The highest BCUT2D eigenvalue weighted by Crippen LogP contribution is 2.04. The van der Waals surface area contributed by atoms with Gasteiger partial charge in [-0.3, -0.25) is 9.59 Å². The lowest BCUT2D eigenvalue weighted by Gasteiger charge is -2.25. The van der Waals surface area contributed by atoms with Crippen LogP contribution < -0.4 is 0 Å². The fourth-order valence-corrected chi connectivity index (χ4v) is 2.24. The second-order valence-corrected chi connectivity index (χ2v) is 5.26. The Balaban J connectivity index is 2.63. The number of rotatable bonds is 11. The maximum absolute atomic E-state index is 12.4. The average molecular weight is 336 g/mol. The minimum absolute atomic E-state index is 0.136. The van der Waals surface area contributed by atoms with Crippen LogP contribution in [0.15, 0.2) is 28.9 Å². The summed E-state index contributed by atoms with van der Waals surface area (Å²) in [5.41, 5.74) is 0. The third-order valence-electron chi connectivity index (χ3n) is 3.72. The van der Waals surface area contributed by atoms with E-state index in [2.05, 4.69) is 18.7 Å². The number of furan rings is 1. The average Bonchev–Trinajstić information content (AvgIpc) is 3.10. The molecule has 1 aromatic rings. The fraction of sp³-hybridized carbons (Fsp3) is 0.556. The summed E-state index contributed by atoms with van der Waals surface area (Å²) in [5.74, 6) is 0.202. The number of hydrogen-bond acceptors (Lipinski definition) is 5. The van der Waals surface area contributed by atoms with Gasteiger partial charge in [0.1, 0.15) is 5.76 Å². The Morgan fingerprint density at radius 2 is 1.92 bits per heavy atom. The first-order chi connectivity index (χ1) is 11.6. The van der Waals surface area contributed by atoms with Crippen molar-refractivity contribution in [2.45, 2.75) is 27.2 Å². The molecule has 0 aliphatic heterocycles. The number of amides is 1. The monoisotopic (exact) mass is 336 g/mol. The first-order valence-corrected chi connectivity index (χ1v) is 8.49. The van der Waals surface area contributed by atoms with E-state index in [0.717, 1.165) is 19.6 Å². The highest BCUT2D eigenvalue weighted by atomic mass is 16.5. The quantitative estimate of drug-likeness (QED) is 0.459. The fourth-order valence-electron chi connectivity index (χ4n) is 2.24. The number of ether oxygens (including phenoxy) is 1. The second-order valence-electron chi connectivity index (χ2n) is 5.26. The van der Waals surface area contributed by atoms with Crippen molar-refractivity contribution < 1.29 is 18.7 Å². The van der Waals surface area contributed by atoms with Gasteiger partial charge in [-0.25, -0.2) is 0 Å².